The van der Waals surface area contributed by atoms with Crippen molar-refractivity contribution in [2.45, 2.75) is 0 Å². The second-order valence-corrected chi connectivity index (χ2v) is 4.42. The highest BCUT2D eigenvalue weighted by molar-refractivity contribution is 5.77. The van der Waals surface area contributed by atoms with Crippen LogP contribution in [0.3, 0.4) is 0 Å². The number of halogens is 1. The van der Waals surface area contributed by atoms with Crippen molar-refractivity contribution < 1.29 is 4.39 Å². The molecule has 3 N–H and O–H groups in total. The molecule has 0 atom stereocenters. The molecule has 0 saturated heterocycles. The van der Waals surface area contributed by atoms with Gasteiger partial charge in [-0.15, -0.1) is 10.2 Å². The third kappa shape index (κ3) is 3.52. The zero-order valence-corrected chi connectivity index (χ0v) is 11.8. The van der Waals surface area contributed by atoms with Crippen molar-refractivity contribution in [2.24, 2.45) is 0 Å². The van der Waals surface area contributed by atoms with E-state index in [1.165, 1.54) is 18.2 Å². The van der Waals surface area contributed by atoms with Gasteiger partial charge in [-0.3, -0.25) is 0 Å². The summed E-state index contributed by atoms with van der Waals surface area (Å²) in [6, 6.07) is 10.9. The van der Waals surface area contributed by atoms with Crippen molar-refractivity contribution in [3.05, 3.63) is 72.3 Å². The molecule has 0 aliphatic carbocycles. The number of benzene rings is 1. The molecule has 22 heavy (non-hydrogen) atoms. The van der Waals surface area contributed by atoms with Crippen molar-refractivity contribution in [1.29, 1.82) is 5.41 Å². The smallest absolute Gasteiger partial charge is 0.156 e. The molecule has 110 valence electrons. The molecular weight excluding hydrogens is 279 g/mol. The van der Waals surface area contributed by atoms with Gasteiger partial charge in [0, 0.05) is 11.8 Å². The van der Waals surface area contributed by atoms with Crippen LogP contribution in [0.2, 0.25) is 0 Å². The molecule has 1 heterocycles. The van der Waals surface area contributed by atoms with Crippen molar-refractivity contribution in [3.63, 3.8) is 0 Å². The Labute approximate surface area is 128 Å². The predicted molar refractivity (Wildman–Crippen MR) is 88.0 cm³/mol. The first-order chi connectivity index (χ1) is 10.7. The fourth-order valence-electron chi connectivity index (χ4n) is 1.84. The Morgan fingerprint density at radius 2 is 1.95 bits per heavy atom. The second kappa shape index (κ2) is 7.08. The van der Waals surface area contributed by atoms with Crippen LogP contribution >= 0.6 is 0 Å². The number of nitrogens with two attached hydrogens (primary N) is 1. The van der Waals surface area contributed by atoms with Crippen LogP contribution in [0, 0.1) is 5.41 Å². The van der Waals surface area contributed by atoms with Crippen LogP contribution in [0.25, 0.3) is 17.1 Å². The van der Waals surface area contributed by atoms with Gasteiger partial charge in [0.05, 0.1) is 11.3 Å². The highest BCUT2D eigenvalue weighted by atomic mass is 19.1. The predicted octanol–water partition coefficient (Wildman–Crippen LogP) is 3.80. The molecule has 0 aliphatic heterocycles. The van der Waals surface area contributed by atoms with Crippen LogP contribution in [-0.4, -0.2) is 16.4 Å². The van der Waals surface area contributed by atoms with Gasteiger partial charge in [-0.1, -0.05) is 43.0 Å². The number of allylic oxidation sites excluding steroid dienone is 4. The van der Waals surface area contributed by atoms with E-state index in [4.69, 9.17) is 11.1 Å². The maximum Gasteiger partial charge on any atom is 0.156 e. The zero-order valence-electron chi connectivity index (χ0n) is 11.8. The van der Waals surface area contributed by atoms with E-state index in [0.717, 1.165) is 11.8 Å². The lowest BCUT2D eigenvalue weighted by Crippen LogP contribution is -2.00. The summed E-state index contributed by atoms with van der Waals surface area (Å²) in [5.74, 6) is -0.552. The highest BCUT2D eigenvalue weighted by Crippen LogP contribution is 2.26. The van der Waals surface area contributed by atoms with Crippen LogP contribution in [0.5, 0.6) is 0 Å². The fourth-order valence-corrected chi connectivity index (χ4v) is 1.84. The molecule has 0 bridgehead atoms. The summed E-state index contributed by atoms with van der Waals surface area (Å²) in [7, 11) is 0. The van der Waals surface area contributed by atoms with Gasteiger partial charge in [0.1, 0.15) is 5.83 Å². The van der Waals surface area contributed by atoms with E-state index in [1.807, 2.05) is 30.3 Å². The normalized spacial score (nSPS) is 12.0. The summed E-state index contributed by atoms with van der Waals surface area (Å²) < 4.78 is 14.4. The van der Waals surface area contributed by atoms with Gasteiger partial charge in [0.25, 0.3) is 0 Å². The van der Waals surface area contributed by atoms with Crippen molar-refractivity contribution in [1.82, 2.24) is 10.2 Å². The Hall–Kier alpha value is -3.08. The number of hydrogen-bond donors (Lipinski definition) is 2. The van der Waals surface area contributed by atoms with Gasteiger partial charge in [0.15, 0.2) is 5.82 Å². The number of nitrogen functional groups attached to an aromatic ring is 1. The molecule has 0 fully saturated rings. The molecule has 1 aromatic heterocycles. The summed E-state index contributed by atoms with van der Waals surface area (Å²) in [6.07, 6.45) is 5.19. The van der Waals surface area contributed by atoms with E-state index < -0.39 is 5.83 Å². The van der Waals surface area contributed by atoms with Crippen molar-refractivity contribution >= 4 is 17.9 Å². The minimum atomic E-state index is -0.558. The van der Waals surface area contributed by atoms with Crippen LogP contribution in [0.1, 0.15) is 5.56 Å². The van der Waals surface area contributed by atoms with Crippen LogP contribution < -0.4 is 5.73 Å². The first-order valence-corrected chi connectivity index (χ1v) is 6.55. The molecule has 0 amide bonds. The quantitative estimate of drug-likeness (QED) is 0.650. The highest BCUT2D eigenvalue weighted by Gasteiger charge is 2.10. The average molecular weight is 294 g/mol. The summed E-state index contributed by atoms with van der Waals surface area (Å²) >= 11 is 0. The number of rotatable bonds is 5. The molecular formula is C17H15FN4. The zero-order chi connectivity index (χ0) is 15.9. The first kappa shape index (κ1) is 15.3. The number of hydrogen-bond acceptors (Lipinski definition) is 4. The van der Waals surface area contributed by atoms with E-state index in [0.29, 0.717) is 11.3 Å². The molecule has 0 aliphatic rings. The summed E-state index contributed by atoms with van der Waals surface area (Å²) in [5, 5.41) is 14.8. The van der Waals surface area contributed by atoms with Gasteiger partial charge in [-0.25, -0.2) is 4.39 Å². The summed E-state index contributed by atoms with van der Waals surface area (Å²) in [4.78, 5) is 0. The Kier molecular flexibility index (Phi) is 4.93. The van der Waals surface area contributed by atoms with E-state index in [9.17, 15) is 4.39 Å². The summed E-state index contributed by atoms with van der Waals surface area (Å²) in [5.41, 5.74) is 7.69. The lowest BCUT2D eigenvalue weighted by atomic mass is 10.1. The molecule has 4 nitrogen and oxygen atoms in total. The Morgan fingerprint density at radius 1 is 1.23 bits per heavy atom. The minimum Gasteiger partial charge on any atom is -0.382 e. The topological polar surface area (TPSA) is 75.7 Å². The van der Waals surface area contributed by atoms with E-state index in [2.05, 4.69) is 16.8 Å². The molecule has 0 saturated carbocycles. The average Bonchev–Trinajstić information content (AvgIpc) is 2.55. The van der Waals surface area contributed by atoms with Crippen LogP contribution in [-0.2, 0) is 0 Å². The second-order valence-electron chi connectivity index (χ2n) is 4.42. The molecule has 2 rings (SSSR count). The molecule has 2 aromatic rings. The largest absolute Gasteiger partial charge is 0.382 e. The van der Waals surface area contributed by atoms with E-state index in [1.54, 1.807) is 6.07 Å². The number of nitrogens with one attached hydrogen (secondary N) is 1. The van der Waals surface area contributed by atoms with Gasteiger partial charge < -0.3 is 11.1 Å². The van der Waals surface area contributed by atoms with Crippen LogP contribution in [0.4, 0.5) is 10.2 Å². The monoisotopic (exact) mass is 294 g/mol. The van der Waals surface area contributed by atoms with Crippen molar-refractivity contribution in [3.8, 4) is 11.3 Å². The standard InChI is InChI=1S/C17H15FN4/c1-2-12(8-9-19)10-15(18)14-11-16(21-22-17(14)20)13-6-4-3-5-7-13/h2-11,19H,1H2,(H2,20,22)/b12-8+,15-10-,19-9?. The maximum atomic E-state index is 14.4. The Balaban J connectivity index is 2.47. The van der Waals surface area contributed by atoms with Gasteiger partial charge in [-0.2, -0.15) is 0 Å². The lowest BCUT2D eigenvalue weighted by molar-refractivity contribution is 0.758. The maximum absolute atomic E-state index is 14.4. The van der Waals surface area contributed by atoms with Gasteiger partial charge in [-0.05, 0) is 23.8 Å². The van der Waals surface area contributed by atoms with E-state index >= 15 is 0 Å². The molecule has 0 unspecified atom stereocenters. The molecule has 1 aromatic carbocycles. The number of nitrogens with zero attached hydrogens (tertiary/aromatic N) is 2. The Morgan fingerprint density at radius 3 is 2.59 bits per heavy atom. The Bertz CT molecular complexity index is 749. The fraction of sp³-hybridized carbons (Fsp3) is 0. The molecule has 0 spiro atoms. The lowest BCUT2D eigenvalue weighted by Gasteiger charge is -2.05. The number of aromatic nitrogens is 2. The third-order valence-electron chi connectivity index (χ3n) is 2.95. The number of anilines is 1. The summed E-state index contributed by atoms with van der Waals surface area (Å²) in [6.45, 7) is 3.57. The van der Waals surface area contributed by atoms with Crippen LogP contribution in [0.15, 0.2) is 66.8 Å². The van der Waals surface area contributed by atoms with Gasteiger partial charge >= 0.3 is 0 Å². The SMILES string of the molecule is C=CC(/C=C(\F)c1cc(-c2ccccc2)nnc1N)=C\C=N. The van der Waals surface area contributed by atoms with E-state index in [-0.39, 0.29) is 11.4 Å². The minimum absolute atomic E-state index is 0.00620. The molecule has 0 radical (unpaired) electrons. The molecule has 5 heteroatoms. The first-order valence-electron chi connectivity index (χ1n) is 6.55. The third-order valence-corrected chi connectivity index (χ3v) is 2.95. The van der Waals surface area contributed by atoms with Gasteiger partial charge in [0.2, 0.25) is 0 Å². The van der Waals surface area contributed by atoms with Crippen molar-refractivity contribution in [2.75, 3.05) is 5.73 Å².